The van der Waals surface area contributed by atoms with Crippen LogP contribution in [0, 0.1) is 18.3 Å². The molecule has 1 aliphatic heterocycles. The Morgan fingerprint density at radius 2 is 2.35 bits per heavy atom. The zero-order valence-electron chi connectivity index (χ0n) is 10.7. The molecule has 1 N–H and O–H groups in total. The van der Waals surface area contributed by atoms with Crippen molar-refractivity contribution in [3.05, 3.63) is 17.5 Å². The molecule has 1 saturated carbocycles. The molecule has 2 aliphatic rings. The second kappa shape index (κ2) is 3.82. The van der Waals surface area contributed by atoms with Gasteiger partial charge in [0.25, 0.3) is 0 Å². The molecule has 0 radical (unpaired) electrons. The molecule has 94 valence electrons. The van der Waals surface area contributed by atoms with Gasteiger partial charge in [0.2, 0.25) is 0 Å². The van der Waals surface area contributed by atoms with Crippen LogP contribution < -0.4 is 5.32 Å². The second-order valence-electron chi connectivity index (χ2n) is 5.85. The van der Waals surface area contributed by atoms with Gasteiger partial charge in [-0.3, -0.25) is 0 Å². The predicted octanol–water partition coefficient (Wildman–Crippen LogP) is 1.89. The molecule has 3 atom stereocenters. The third kappa shape index (κ3) is 1.70. The highest BCUT2D eigenvalue weighted by Gasteiger charge is 2.58. The Hall–Kier alpha value is -0.870. The molecule has 2 fully saturated rings. The number of aryl methyl sites for hydroxylation is 1. The van der Waals surface area contributed by atoms with Crippen molar-refractivity contribution in [1.82, 2.24) is 10.5 Å². The second-order valence-corrected chi connectivity index (χ2v) is 5.85. The molecule has 0 aromatic carbocycles. The zero-order valence-corrected chi connectivity index (χ0v) is 10.7. The van der Waals surface area contributed by atoms with Crippen molar-refractivity contribution in [2.45, 2.75) is 45.9 Å². The number of ether oxygens (including phenoxy) is 1. The van der Waals surface area contributed by atoms with E-state index >= 15 is 0 Å². The standard InChI is InChI=1S/C13H20N2O2/c1-8-6-9(15-17-8)7-14-11-10-4-5-16-12(10)13(11,2)3/h6,10-12,14H,4-5,7H2,1-3H3. The summed E-state index contributed by atoms with van der Waals surface area (Å²) in [5.74, 6) is 1.55. The summed E-state index contributed by atoms with van der Waals surface area (Å²) in [5.41, 5.74) is 1.22. The lowest BCUT2D eigenvalue weighted by molar-refractivity contribution is -0.113. The molecule has 4 heteroatoms. The van der Waals surface area contributed by atoms with Crippen molar-refractivity contribution in [2.75, 3.05) is 6.61 Å². The summed E-state index contributed by atoms with van der Waals surface area (Å²) in [7, 11) is 0. The molecular formula is C13H20N2O2. The lowest BCUT2D eigenvalue weighted by Gasteiger charge is -2.54. The van der Waals surface area contributed by atoms with Crippen LogP contribution in [0.4, 0.5) is 0 Å². The van der Waals surface area contributed by atoms with Gasteiger partial charge in [-0.05, 0) is 13.3 Å². The number of hydrogen-bond donors (Lipinski definition) is 1. The highest BCUT2D eigenvalue weighted by molar-refractivity contribution is 5.12. The van der Waals surface area contributed by atoms with Crippen LogP contribution in [-0.4, -0.2) is 23.9 Å². The van der Waals surface area contributed by atoms with E-state index in [0.717, 1.165) is 24.6 Å². The first-order chi connectivity index (χ1) is 8.09. The van der Waals surface area contributed by atoms with Crippen LogP contribution in [0.25, 0.3) is 0 Å². The molecule has 0 spiro atoms. The number of rotatable bonds is 3. The smallest absolute Gasteiger partial charge is 0.133 e. The molecule has 1 aromatic heterocycles. The van der Waals surface area contributed by atoms with E-state index in [0.29, 0.717) is 18.1 Å². The minimum atomic E-state index is 0.236. The summed E-state index contributed by atoms with van der Waals surface area (Å²) in [5, 5.41) is 7.62. The topological polar surface area (TPSA) is 47.3 Å². The molecule has 2 heterocycles. The van der Waals surface area contributed by atoms with Crippen LogP contribution in [0.3, 0.4) is 0 Å². The van der Waals surface area contributed by atoms with Gasteiger partial charge < -0.3 is 14.6 Å². The normalized spacial score (nSPS) is 34.4. The van der Waals surface area contributed by atoms with E-state index in [1.807, 2.05) is 13.0 Å². The Kier molecular flexibility index (Phi) is 2.52. The highest BCUT2D eigenvalue weighted by Crippen LogP contribution is 2.52. The van der Waals surface area contributed by atoms with Gasteiger partial charge in [0, 0.05) is 36.6 Å². The first kappa shape index (κ1) is 11.2. The Balaban J connectivity index is 1.62. The maximum atomic E-state index is 5.78. The fourth-order valence-corrected chi connectivity index (χ4v) is 3.45. The van der Waals surface area contributed by atoms with Crippen LogP contribution in [0.15, 0.2) is 10.6 Å². The molecule has 1 saturated heterocycles. The number of nitrogens with zero attached hydrogens (tertiary/aromatic N) is 1. The largest absolute Gasteiger partial charge is 0.377 e. The molecule has 3 unspecified atom stereocenters. The van der Waals surface area contributed by atoms with Crippen LogP contribution >= 0.6 is 0 Å². The maximum absolute atomic E-state index is 5.78. The molecule has 17 heavy (non-hydrogen) atoms. The molecule has 4 nitrogen and oxygen atoms in total. The lowest BCUT2D eigenvalue weighted by atomic mass is 9.57. The average molecular weight is 236 g/mol. The average Bonchev–Trinajstić information content (AvgIpc) is 2.86. The fraction of sp³-hybridized carbons (Fsp3) is 0.769. The van der Waals surface area contributed by atoms with E-state index in [1.165, 1.54) is 6.42 Å². The van der Waals surface area contributed by atoms with Gasteiger partial charge in [0.1, 0.15) is 5.76 Å². The van der Waals surface area contributed by atoms with Gasteiger partial charge in [0.05, 0.1) is 11.8 Å². The van der Waals surface area contributed by atoms with Gasteiger partial charge in [-0.15, -0.1) is 0 Å². The maximum Gasteiger partial charge on any atom is 0.133 e. The fourth-order valence-electron chi connectivity index (χ4n) is 3.45. The van der Waals surface area contributed by atoms with Crippen LogP contribution in [-0.2, 0) is 11.3 Å². The van der Waals surface area contributed by atoms with E-state index in [2.05, 4.69) is 24.3 Å². The number of fused-ring (bicyclic) bond motifs is 1. The molecule has 0 bridgehead atoms. The zero-order chi connectivity index (χ0) is 12.0. The summed E-state index contributed by atoms with van der Waals surface area (Å²) in [4.78, 5) is 0. The summed E-state index contributed by atoms with van der Waals surface area (Å²) in [6.07, 6.45) is 1.63. The third-order valence-corrected chi connectivity index (χ3v) is 4.28. The molecular weight excluding hydrogens is 216 g/mol. The molecule has 3 rings (SSSR count). The lowest BCUT2D eigenvalue weighted by Crippen LogP contribution is -2.65. The van der Waals surface area contributed by atoms with Crippen molar-refractivity contribution in [3.63, 3.8) is 0 Å². The van der Waals surface area contributed by atoms with E-state index in [1.54, 1.807) is 0 Å². The minimum absolute atomic E-state index is 0.236. The number of aromatic nitrogens is 1. The summed E-state index contributed by atoms with van der Waals surface area (Å²) >= 11 is 0. The van der Waals surface area contributed by atoms with Gasteiger partial charge in [-0.2, -0.15) is 0 Å². The van der Waals surface area contributed by atoms with Gasteiger partial charge in [-0.1, -0.05) is 19.0 Å². The Labute approximate surface area is 102 Å². The Morgan fingerprint density at radius 3 is 3.06 bits per heavy atom. The Bertz CT molecular complexity index is 413. The van der Waals surface area contributed by atoms with E-state index in [9.17, 15) is 0 Å². The number of hydrogen-bond acceptors (Lipinski definition) is 4. The quantitative estimate of drug-likeness (QED) is 0.870. The van der Waals surface area contributed by atoms with Crippen molar-refractivity contribution >= 4 is 0 Å². The summed E-state index contributed by atoms with van der Waals surface area (Å²) in [6.45, 7) is 8.19. The van der Waals surface area contributed by atoms with Gasteiger partial charge in [-0.25, -0.2) is 0 Å². The monoisotopic (exact) mass is 236 g/mol. The summed E-state index contributed by atoms with van der Waals surface area (Å²) in [6, 6.07) is 2.52. The minimum Gasteiger partial charge on any atom is -0.377 e. The first-order valence-electron chi connectivity index (χ1n) is 6.36. The van der Waals surface area contributed by atoms with Crippen LogP contribution in [0.2, 0.25) is 0 Å². The molecule has 1 aromatic rings. The highest BCUT2D eigenvalue weighted by atomic mass is 16.5. The van der Waals surface area contributed by atoms with E-state index in [4.69, 9.17) is 9.26 Å². The molecule has 0 amide bonds. The predicted molar refractivity (Wildman–Crippen MR) is 63.5 cm³/mol. The van der Waals surface area contributed by atoms with Crippen molar-refractivity contribution in [1.29, 1.82) is 0 Å². The van der Waals surface area contributed by atoms with Crippen molar-refractivity contribution in [2.24, 2.45) is 11.3 Å². The van der Waals surface area contributed by atoms with E-state index in [-0.39, 0.29) is 5.41 Å². The third-order valence-electron chi connectivity index (χ3n) is 4.28. The Morgan fingerprint density at radius 1 is 1.53 bits per heavy atom. The van der Waals surface area contributed by atoms with Crippen LogP contribution in [0.5, 0.6) is 0 Å². The SMILES string of the molecule is Cc1cc(CNC2C3CCOC3C2(C)C)no1. The van der Waals surface area contributed by atoms with E-state index < -0.39 is 0 Å². The van der Waals surface area contributed by atoms with Crippen LogP contribution in [0.1, 0.15) is 31.7 Å². The first-order valence-corrected chi connectivity index (χ1v) is 6.36. The summed E-state index contributed by atoms with van der Waals surface area (Å²) < 4.78 is 10.9. The number of nitrogens with one attached hydrogen (secondary N) is 1. The van der Waals surface area contributed by atoms with Gasteiger partial charge in [0.15, 0.2) is 0 Å². The van der Waals surface area contributed by atoms with Gasteiger partial charge >= 0.3 is 0 Å². The molecule has 1 aliphatic carbocycles. The van der Waals surface area contributed by atoms with Crippen molar-refractivity contribution < 1.29 is 9.26 Å². The van der Waals surface area contributed by atoms with Crippen molar-refractivity contribution in [3.8, 4) is 0 Å².